The minimum atomic E-state index is -0.114. The number of nitrogens with zero attached hydrogens (tertiary/aromatic N) is 1. The second kappa shape index (κ2) is 10.3. The van der Waals surface area contributed by atoms with Crippen molar-refractivity contribution in [2.45, 2.75) is 112 Å². The van der Waals surface area contributed by atoms with Gasteiger partial charge in [0.15, 0.2) is 0 Å². The van der Waals surface area contributed by atoms with Gasteiger partial charge >= 0.3 is 0 Å². The van der Waals surface area contributed by atoms with Gasteiger partial charge in [0.1, 0.15) is 5.75 Å². The van der Waals surface area contributed by atoms with Crippen LogP contribution in [-0.4, -0.2) is 22.1 Å². The molecular formula is C29H46NOP. The van der Waals surface area contributed by atoms with E-state index in [1.807, 2.05) is 6.92 Å². The maximum atomic E-state index is 11.2. The standard InChI is InChI=1S/C29H46NOP/c1-12-29(11,25-17-24(28(8,9)10)16-22(7)26(25)31)32-27-21(6)14-13-15-23(27)18-30(19(2)3)20(4)5/h13-17,19-20,31-32H,12,18H2,1-11H3. The molecule has 2 rings (SSSR count). The minimum absolute atomic E-state index is 0.0494. The lowest BCUT2D eigenvalue weighted by atomic mass is 9.82. The number of hydrogen-bond acceptors (Lipinski definition) is 2. The van der Waals surface area contributed by atoms with Crippen LogP contribution in [-0.2, 0) is 17.1 Å². The molecule has 0 spiro atoms. The summed E-state index contributed by atoms with van der Waals surface area (Å²) in [4.78, 5) is 2.56. The zero-order chi connectivity index (χ0) is 24.4. The van der Waals surface area contributed by atoms with E-state index in [-0.39, 0.29) is 10.6 Å². The van der Waals surface area contributed by atoms with Crippen molar-refractivity contribution in [3.63, 3.8) is 0 Å². The summed E-state index contributed by atoms with van der Waals surface area (Å²) in [5.41, 5.74) is 6.20. The Bertz CT molecular complexity index is 917. The van der Waals surface area contributed by atoms with Gasteiger partial charge in [-0.3, -0.25) is 4.90 Å². The first-order chi connectivity index (χ1) is 14.7. The highest BCUT2D eigenvalue weighted by atomic mass is 31.1. The molecule has 0 radical (unpaired) electrons. The lowest BCUT2D eigenvalue weighted by molar-refractivity contribution is 0.166. The SMILES string of the molecule is CCC(C)(Pc1c(C)cccc1CN(C(C)C)C(C)C)c1cc(C(C)(C)C)cc(C)c1O. The molecule has 2 unspecified atom stereocenters. The lowest BCUT2D eigenvalue weighted by Crippen LogP contribution is -2.37. The van der Waals surface area contributed by atoms with Gasteiger partial charge in [0.05, 0.1) is 0 Å². The van der Waals surface area contributed by atoms with E-state index in [1.165, 1.54) is 22.0 Å². The van der Waals surface area contributed by atoms with Gasteiger partial charge in [0.25, 0.3) is 0 Å². The predicted molar refractivity (Wildman–Crippen MR) is 144 cm³/mol. The molecule has 2 atom stereocenters. The van der Waals surface area contributed by atoms with Crippen molar-refractivity contribution in [3.05, 3.63) is 58.1 Å². The number of aromatic hydroxyl groups is 1. The van der Waals surface area contributed by atoms with Gasteiger partial charge in [-0.1, -0.05) is 73.5 Å². The quantitative estimate of drug-likeness (QED) is 0.415. The van der Waals surface area contributed by atoms with Crippen LogP contribution in [0.3, 0.4) is 0 Å². The van der Waals surface area contributed by atoms with Crippen LogP contribution in [0.15, 0.2) is 30.3 Å². The molecule has 0 aromatic heterocycles. The summed E-state index contributed by atoms with van der Waals surface area (Å²) in [5.74, 6) is 0.468. The third kappa shape index (κ3) is 5.95. The van der Waals surface area contributed by atoms with Crippen LogP contribution >= 0.6 is 8.58 Å². The molecule has 0 aliphatic heterocycles. The molecule has 178 valence electrons. The van der Waals surface area contributed by atoms with Gasteiger partial charge in [-0.25, -0.2) is 0 Å². The van der Waals surface area contributed by atoms with Crippen molar-refractivity contribution < 1.29 is 5.11 Å². The van der Waals surface area contributed by atoms with E-state index < -0.39 is 0 Å². The van der Waals surface area contributed by atoms with Crippen LogP contribution in [0.25, 0.3) is 0 Å². The van der Waals surface area contributed by atoms with Crippen LogP contribution in [0.5, 0.6) is 5.75 Å². The Labute approximate surface area is 199 Å². The average molecular weight is 456 g/mol. The molecule has 0 saturated heterocycles. The summed E-state index contributed by atoms with van der Waals surface area (Å²) in [6, 6.07) is 12.2. The maximum Gasteiger partial charge on any atom is 0.122 e. The highest BCUT2D eigenvalue weighted by molar-refractivity contribution is 7.48. The summed E-state index contributed by atoms with van der Waals surface area (Å²) in [7, 11) is 0.596. The molecule has 32 heavy (non-hydrogen) atoms. The van der Waals surface area contributed by atoms with Crippen molar-refractivity contribution in [1.82, 2.24) is 4.90 Å². The zero-order valence-corrected chi connectivity index (χ0v) is 23.4. The van der Waals surface area contributed by atoms with E-state index in [2.05, 4.69) is 104 Å². The molecule has 3 heteroatoms. The van der Waals surface area contributed by atoms with Gasteiger partial charge in [0, 0.05) is 29.3 Å². The van der Waals surface area contributed by atoms with Crippen LogP contribution in [0.1, 0.15) is 96.6 Å². The fraction of sp³-hybridized carbons (Fsp3) is 0.586. The first kappa shape index (κ1) is 26.9. The molecule has 2 aromatic carbocycles. The van der Waals surface area contributed by atoms with E-state index in [9.17, 15) is 5.11 Å². The average Bonchev–Trinajstić information content (AvgIpc) is 2.68. The smallest absolute Gasteiger partial charge is 0.122 e. The molecule has 0 aliphatic carbocycles. The summed E-state index contributed by atoms with van der Waals surface area (Å²) in [6.45, 7) is 25.7. The predicted octanol–water partition coefficient (Wildman–Crippen LogP) is 7.55. The number of aryl methyl sites for hydroxylation is 2. The normalized spacial score (nSPS) is 14.8. The Morgan fingerprint density at radius 2 is 1.53 bits per heavy atom. The van der Waals surface area contributed by atoms with Crippen LogP contribution in [0.2, 0.25) is 0 Å². The maximum absolute atomic E-state index is 11.2. The number of phenolic OH excluding ortho intramolecular Hbond substituents is 1. The Balaban J connectivity index is 2.59. The minimum Gasteiger partial charge on any atom is -0.507 e. The topological polar surface area (TPSA) is 23.5 Å². The molecule has 0 aliphatic rings. The van der Waals surface area contributed by atoms with E-state index in [1.54, 1.807) is 0 Å². The number of rotatable bonds is 8. The second-order valence-corrected chi connectivity index (χ2v) is 13.1. The largest absolute Gasteiger partial charge is 0.507 e. The Hall–Kier alpha value is -1.37. The number of phenols is 1. The first-order valence-electron chi connectivity index (χ1n) is 12.2. The molecule has 0 saturated carbocycles. The van der Waals surface area contributed by atoms with E-state index >= 15 is 0 Å². The molecule has 2 nitrogen and oxygen atoms in total. The van der Waals surface area contributed by atoms with Gasteiger partial charge < -0.3 is 5.11 Å². The molecule has 0 bridgehead atoms. The Kier molecular flexibility index (Phi) is 8.63. The Morgan fingerprint density at radius 1 is 0.938 bits per heavy atom. The molecule has 1 N–H and O–H groups in total. The van der Waals surface area contributed by atoms with E-state index in [0.29, 0.717) is 26.4 Å². The fourth-order valence-corrected chi connectivity index (χ4v) is 6.11. The molecule has 2 aromatic rings. The number of hydrogen-bond donors (Lipinski definition) is 1. The van der Waals surface area contributed by atoms with Crippen LogP contribution < -0.4 is 5.30 Å². The van der Waals surface area contributed by atoms with Crippen molar-refractivity contribution >= 4 is 13.9 Å². The highest BCUT2D eigenvalue weighted by Crippen LogP contribution is 2.49. The lowest BCUT2D eigenvalue weighted by Gasteiger charge is -2.35. The summed E-state index contributed by atoms with van der Waals surface area (Å²) >= 11 is 0. The molecule has 0 heterocycles. The zero-order valence-electron chi connectivity index (χ0n) is 22.4. The fourth-order valence-electron chi connectivity index (χ4n) is 4.45. The van der Waals surface area contributed by atoms with Crippen molar-refractivity contribution in [2.75, 3.05) is 0 Å². The van der Waals surface area contributed by atoms with Crippen molar-refractivity contribution in [3.8, 4) is 5.75 Å². The summed E-state index contributed by atoms with van der Waals surface area (Å²) < 4.78 is 0. The van der Waals surface area contributed by atoms with E-state index in [4.69, 9.17) is 0 Å². The molecular weight excluding hydrogens is 409 g/mol. The van der Waals surface area contributed by atoms with Crippen molar-refractivity contribution in [1.29, 1.82) is 0 Å². The van der Waals surface area contributed by atoms with Crippen LogP contribution in [0.4, 0.5) is 0 Å². The second-order valence-electron chi connectivity index (χ2n) is 11.2. The van der Waals surface area contributed by atoms with Gasteiger partial charge in [0.2, 0.25) is 0 Å². The third-order valence-electron chi connectivity index (χ3n) is 6.91. The van der Waals surface area contributed by atoms with Gasteiger partial charge in [-0.05, 0) is 80.9 Å². The first-order valence-corrected chi connectivity index (χ1v) is 13.2. The molecule has 0 fully saturated rings. The van der Waals surface area contributed by atoms with Gasteiger partial charge in [-0.15, -0.1) is 0 Å². The summed E-state index contributed by atoms with van der Waals surface area (Å²) in [5, 5.41) is 12.5. The van der Waals surface area contributed by atoms with Gasteiger partial charge in [-0.2, -0.15) is 0 Å². The van der Waals surface area contributed by atoms with Crippen LogP contribution in [0, 0.1) is 13.8 Å². The van der Waals surface area contributed by atoms with E-state index in [0.717, 1.165) is 24.1 Å². The summed E-state index contributed by atoms with van der Waals surface area (Å²) in [6.07, 6.45) is 0.984. The molecule has 0 amide bonds. The monoisotopic (exact) mass is 455 g/mol. The Morgan fingerprint density at radius 3 is 2.03 bits per heavy atom. The van der Waals surface area contributed by atoms with Crippen molar-refractivity contribution in [2.24, 2.45) is 0 Å². The third-order valence-corrected chi connectivity index (χ3v) is 9.05. The highest BCUT2D eigenvalue weighted by Gasteiger charge is 2.32. The number of benzene rings is 2.